The lowest BCUT2D eigenvalue weighted by Crippen LogP contribution is -2.15. The number of aliphatic hydroxyl groups excluding tert-OH is 1. The highest BCUT2D eigenvalue weighted by Gasteiger charge is 2.32. The van der Waals surface area contributed by atoms with E-state index in [-0.39, 0.29) is 5.95 Å². The number of halogens is 3. The summed E-state index contributed by atoms with van der Waals surface area (Å²) in [5, 5.41) is 11.9. The predicted octanol–water partition coefficient (Wildman–Crippen LogP) is 2.07. The molecule has 0 saturated heterocycles. The number of nitrogens with zero attached hydrogens (tertiary/aromatic N) is 2. The van der Waals surface area contributed by atoms with Gasteiger partial charge in [-0.1, -0.05) is 6.92 Å². The number of hydrogen-bond donors (Lipinski definition) is 2. The third-order valence-electron chi connectivity index (χ3n) is 2.18. The second kappa shape index (κ2) is 5.81. The fraction of sp³-hybridized carbons (Fsp3) is 0.600. The van der Waals surface area contributed by atoms with E-state index in [0.717, 1.165) is 12.3 Å². The molecule has 4 nitrogen and oxygen atoms in total. The molecule has 1 heterocycles. The Morgan fingerprint density at radius 2 is 2.18 bits per heavy atom. The van der Waals surface area contributed by atoms with Crippen molar-refractivity contribution >= 4 is 5.95 Å². The molecule has 1 atom stereocenters. The van der Waals surface area contributed by atoms with E-state index in [1.54, 1.807) is 0 Å². The van der Waals surface area contributed by atoms with Crippen LogP contribution >= 0.6 is 0 Å². The highest BCUT2D eigenvalue weighted by molar-refractivity contribution is 5.25. The monoisotopic (exact) mass is 249 g/mol. The molecule has 0 saturated carbocycles. The molecule has 0 aliphatic carbocycles. The predicted molar refractivity (Wildman–Crippen MR) is 56.4 cm³/mol. The zero-order valence-corrected chi connectivity index (χ0v) is 9.33. The first kappa shape index (κ1) is 13.7. The Hall–Kier alpha value is -1.37. The summed E-state index contributed by atoms with van der Waals surface area (Å²) in [7, 11) is 0. The van der Waals surface area contributed by atoms with Crippen molar-refractivity contribution in [2.24, 2.45) is 0 Å². The van der Waals surface area contributed by atoms with Crippen molar-refractivity contribution in [2.45, 2.75) is 32.0 Å². The van der Waals surface area contributed by atoms with Crippen molar-refractivity contribution in [3.8, 4) is 0 Å². The van der Waals surface area contributed by atoms with Crippen LogP contribution in [0.15, 0.2) is 12.3 Å². The molecule has 0 spiro atoms. The maximum Gasteiger partial charge on any atom is 0.433 e. The van der Waals surface area contributed by atoms with Crippen LogP contribution in [0.1, 0.15) is 25.5 Å². The Labute approximate surface area is 96.9 Å². The van der Waals surface area contributed by atoms with Gasteiger partial charge in [-0.25, -0.2) is 9.97 Å². The van der Waals surface area contributed by atoms with Crippen LogP contribution in [-0.4, -0.2) is 27.7 Å². The molecule has 1 aromatic heterocycles. The average Bonchev–Trinajstić information content (AvgIpc) is 2.28. The quantitative estimate of drug-likeness (QED) is 0.838. The number of hydrogen-bond acceptors (Lipinski definition) is 4. The van der Waals surface area contributed by atoms with E-state index in [2.05, 4.69) is 15.3 Å². The third-order valence-corrected chi connectivity index (χ3v) is 2.18. The summed E-state index contributed by atoms with van der Waals surface area (Å²) in [4.78, 5) is 7.01. The lowest BCUT2D eigenvalue weighted by Gasteiger charge is -2.10. The van der Waals surface area contributed by atoms with Gasteiger partial charge in [0.05, 0.1) is 6.10 Å². The summed E-state index contributed by atoms with van der Waals surface area (Å²) in [6, 6.07) is 0.812. The molecule has 0 amide bonds. The molecule has 0 aliphatic rings. The molecule has 0 aromatic carbocycles. The largest absolute Gasteiger partial charge is 0.433 e. The van der Waals surface area contributed by atoms with Gasteiger partial charge in [0, 0.05) is 12.7 Å². The van der Waals surface area contributed by atoms with E-state index in [1.165, 1.54) is 0 Å². The standard InChI is InChI=1S/C10H14F3N3O/c1-2-7(17)3-5-14-9-15-6-4-8(16-9)10(11,12)13/h4,6-7,17H,2-3,5H2,1H3,(H,14,15,16). The molecule has 0 radical (unpaired) electrons. The van der Waals surface area contributed by atoms with Crippen molar-refractivity contribution in [1.29, 1.82) is 0 Å². The van der Waals surface area contributed by atoms with Gasteiger partial charge in [0.15, 0.2) is 0 Å². The average molecular weight is 249 g/mol. The first-order valence-electron chi connectivity index (χ1n) is 5.25. The van der Waals surface area contributed by atoms with Gasteiger partial charge in [0.2, 0.25) is 5.95 Å². The van der Waals surface area contributed by atoms with Crippen LogP contribution in [0.2, 0.25) is 0 Å². The van der Waals surface area contributed by atoms with Crippen LogP contribution < -0.4 is 5.32 Å². The normalized spacial score (nSPS) is 13.5. The van der Waals surface area contributed by atoms with Crippen LogP contribution in [0.4, 0.5) is 19.1 Å². The van der Waals surface area contributed by atoms with Crippen LogP contribution in [0.5, 0.6) is 0 Å². The third kappa shape index (κ3) is 4.56. The van der Waals surface area contributed by atoms with Crippen molar-refractivity contribution in [3.63, 3.8) is 0 Å². The summed E-state index contributed by atoms with van der Waals surface area (Å²) < 4.78 is 36.9. The molecular weight excluding hydrogens is 235 g/mol. The summed E-state index contributed by atoms with van der Waals surface area (Å²) in [5.41, 5.74) is -0.981. The van der Waals surface area contributed by atoms with Crippen molar-refractivity contribution in [2.75, 3.05) is 11.9 Å². The molecule has 17 heavy (non-hydrogen) atoms. The number of aromatic nitrogens is 2. The van der Waals surface area contributed by atoms with Gasteiger partial charge >= 0.3 is 6.18 Å². The summed E-state index contributed by atoms with van der Waals surface area (Å²) >= 11 is 0. The molecule has 7 heteroatoms. The van der Waals surface area contributed by atoms with Crippen LogP contribution in [0, 0.1) is 0 Å². The number of anilines is 1. The summed E-state index contributed by atoms with van der Waals surface area (Å²) in [6.45, 7) is 2.15. The second-order valence-electron chi connectivity index (χ2n) is 3.54. The maximum absolute atomic E-state index is 12.3. The van der Waals surface area contributed by atoms with Gasteiger partial charge in [-0.05, 0) is 18.9 Å². The second-order valence-corrected chi connectivity index (χ2v) is 3.54. The van der Waals surface area contributed by atoms with E-state index in [9.17, 15) is 18.3 Å². The van der Waals surface area contributed by atoms with Gasteiger partial charge in [-0.2, -0.15) is 13.2 Å². The Balaban J connectivity index is 2.55. The zero-order chi connectivity index (χ0) is 12.9. The zero-order valence-electron chi connectivity index (χ0n) is 9.33. The fourth-order valence-electron chi connectivity index (χ4n) is 1.16. The first-order valence-corrected chi connectivity index (χ1v) is 5.25. The minimum absolute atomic E-state index is 0.0804. The summed E-state index contributed by atoms with van der Waals surface area (Å²) in [5.74, 6) is -0.0804. The molecule has 1 aromatic rings. The van der Waals surface area contributed by atoms with E-state index < -0.39 is 18.0 Å². The van der Waals surface area contributed by atoms with Crippen molar-refractivity contribution < 1.29 is 18.3 Å². The Bertz CT molecular complexity index is 357. The van der Waals surface area contributed by atoms with Gasteiger partial charge in [-0.15, -0.1) is 0 Å². The van der Waals surface area contributed by atoms with E-state index in [0.29, 0.717) is 19.4 Å². The van der Waals surface area contributed by atoms with Crippen LogP contribution in [-0.2, 0) is 6.18 Å². The highest BCUT2D eigenvalue weighted by Crippen LogP contribution is 2.27. The van der Waals surface area contributed by atoms with Crippen LogP contribution in [0.25, 0.3) is 0 Å². The summed E-state index contributed by atoms with van der Waals surface area (Å²) in [6.07, 6.45) is -2.84. The maximum atomic E-state index is 12.3. The SMILES string of the molecule is CCC(O)CCNc1nccc(C(F)(F)F)n1. The molecular formula is C10H14F3N3O. The molecule has 96 valence electrons. The Morgan fingerprint density at radius 3 is 2.76 bits per heavy atom. The van der Waals surface area contributed by atoms with Gasteiger partial charge < -0.3 is 10.4 Å². The fourth-order valence-corrected chi connectivity index (χ4v) is 1.16. The van der Waals surface area contributed by atoms with E-state index in [1.807, 2.05) is 6.92 Å². The van der Waals surface area contributed by atoms with Crippen LogP contribution in [0.3, 0.4) is 0 Å². The Kier molecular flexibility index (Phi) is 4.68. The van der Waals surface area contributed by atoms with Gasteiger partial charge in [-0.3, -0.25) is 0 Å². The lowest BCUT2D eigenvalue weighted by molar-refractivity contribution is -0.141. The smallest absolute Gasteiger partial charge is 0.393 e. The number of nitrogens with one attached hydrogen (secondary N) is 1. The topological polar surface area (TPSA) is 58.0 Å². The number of alkyl halides is 3. The minimum Gasteiger partial charge on any atom is -0.393 e. The van der Waals surface area contributed by atoms with E-state index in [4.69, 9.17) is 0 Å². The molecule has 0 fully saturated rings. The number of aliphatic hydroxyl groups is 1. The van der Waals surface area contributed by atoms with Crippen molar-refractivity contribution in [3.05, 3.63) is 18.0 Å². The molecule has 0 bridgehead atoms. The first-order chi connectivity index (χ1) is 7.93. The highest BCUT2D eigenvalue weighted by atomic mass is 19.4. The number of rotatable bonds is 5. The lowest BCUT2D eigenvalue weighted by atomic mass is 10.2. The molecule has 1 unspecified atom stereocenters. The van der Waals surface area contributed by atoms with Crippen molar-refractivity contribution in [1.82, 2.24) is 9.97 Å². The van der Waals surface area contributed by atoms with E-state index >= 15 is 0 Å². The molecule has 2 N–H and O–H groups in total. The Morgan fingerprint density at radius 1 is 1.47 bits per heavy atom. The van der Waals surface area contributed by atoms with Gasteiger partial charge in [0.1, 0.15) is 5.69 Å². The molecule has 1 rings (SSSR count). The minimum atomic E-state index is -4.47. The molecule has 0 aliphatic heterocycles. The van der Waals surface area contributed by atoms with Gasteiger partial charge in [0.25, 0.3) is 0 Å².